The van der Waals surface area contributed by atoms with E-state index in [0.29, 0.717) is 16.8 Å². The highest BCUT2D eigenvalue weighted by Crippen LogP contribution is 2.21. The van der Waals surface area contributed by atoms with Gasteiger partial charge in [0.25, 0.3) is 11.6 Å². The van der Waals surface area contributed by atoms with Crippen molar-refractivity contribution in [1.82, 2.24) is 0 Å². The van der Waals surface area contributed by atoms with Crippen LogP contribution >= 0.6 is 0 Å². The number of nitro benzene ring substituents is 1. The molecular formula is C16H14N2O5. The molecule has 0 radical (unpaired) electrons. The second-order valence-electron chi connectivity index (χ2n) is 4.75. The molecule has 0 aliphatic rings. The molecule has 1 amide bonds. The number of benzene rings is 2. The van der Waals surface area contributed by atoms with Gasteiger partial charge in [0.15, 0.2) is 6.61 Å². The molecule has 7 nitrogen and oxygen atoms in total. The monoisotopic (exact) mass is 314 g/mol. The number of non-ortho nitro benzene ring substituents is 1. The standard InChI is InChI=1S/C16H14N2O5/c1-11-9-13(18(21)22)7-8-14(11)17-15(19)10-23-16(20)12-5-3-2-4-6-12/h2-9H,10H2,1H3,(H,17,19). The minimum absolute atomic E-state index is 0.0593. The number of aryl methyl sites for hydroxylation is 1. The number of anilines is 1. The molecule has 0 heterocycles. The molecule has 0 unspecified atom stereocenters. The average molecular weight is 314 g/mol. The van der Waals surface area contributed by atoms with E-state index in [1.165, 1.54) is 18.2 Å². The molecule has 0 aromatic heterocycles. The van der Waals surface area contributed by atoms with E-state index in [1.54, 1.807) is 37.3 Å². The Morgan fingerprint density at radius 3 is 2.48 bits per heavy atom. The zero-order chi connectivity index (χ0) is 16.8. The lowest BCUT2D eigenvalue weighted by atomic mass is 10.2. The highest BCUT2D eigenvalue weighted by atomic mass is 16.6. The third kappa shape index (κ3) is 4.37. The summed E-state index contributed by atoms with van der Waals surface area (Å²) in [7, 11) is 0. The number of nitrogens with one attached hydrogen (secondary N) is 1. The van der Waals surface area contributed by atoms with Crippen LogP contribution in [0.25, 0.3) is 0 Å². The van der Waals surface area contributed by atoms with E-state index < -0.39 is 23.4 Å². The van der Waals surface area contributed by atoms with Crippen LogP contribution in [0.5, 0.6) is 0 Å². The van der Waals surface area contributed by atoms with E-state index in [4.69, 9.17) is 4.74 Å². The Morgan fingerprint density at radius 2 is 1.87 bits per heavy atom. The quantitative estimate of drug-likeness (QED) is 0.519. The van der Waals surface area contributed by atoms with Crippen LogP contribution in [0, 0.1) is 17.0 Å². The Bertz CT molecular complexity index is 743. The van der Waals surface area contributed by atoms with Crippen molar-refractivity contribution in [2.24, 2.45) is 0 Å². The zero-order valence-electron chi connectivity index (χ0n) is 12.3. The van der Waals surface area contributed by atoms with Crippen molar-refractivity contribution in [2.75, 3.05) is 11.9 Å². The molecule has 1 N–H and O–H groups in total. The molecule has 2 aromatic carbocycles. The van der Waals surface area contributed by atoms with Gasteiger partial charge in [-0.25, -0.2) is 4.79 Å². The van der Waals surface area contributed by atoms with E-state index in [-0.39, 0.29) is 5.69 Å². The molecule has 0 bridgehead atoms. The third-order valence-corrected chi connectivity index (χ3v) is 3.04. The van der Waals surface area contributed by atoms with Gasteiger partial charge in [0.2, 0.25) is 0 Å². The molecule has 118 valence electrons. The molecule has 2 aromatic rings. The summed E-state index contributed by atoms with van der Waals surface area (Å²) in [5.74, 6) is -1.12. The van der Waals surface area contributed by atoms with Crippen molar-refractivity contribution in [3.63, 3.8) is 0 Å². The number of nitrogens with zero attached hydrogens (tertiary/aromatic N) is 1. The highest BCUT2D eigenvalue weighted by Gasteiger charge is 2.12. The fourth-order valence-electron chi connectivity index (χ4n) is 1.88. The highest BCUT2D eigenvalue weighted by molar-refractivity contribution is 5.95. The molecule has 0 spiro atoms. The maximum atomic E-state index is 11.8. The molecular weight excluding hydrogens is 300 g/mol. The van der Waals surface area contributed by atoms with Crippen molar-refractivity contribution in [1.29, 1.82) is 0 Å². The fraction of sp³-hybridized carbons (Fsp3) is 0.125. The largest absolute Gasteiger partial charge is 0.452 e. The summed E-state index contributed by atoms with van der Waals surface area (Å²) in [5, 5.41) is 13.2. The van der Waals surface area contributed by atoms with Crippen LogP contribution in [0.3, 0.4) is 0 Å². The van der Waals surface area contributed by atoms with Crippen LogP contribution in [0.4, 0.5) is 11.4 Å². The van der Waals surface area contributed by atoms with Gasteiger partial charge in [-0.3, -0.25) is 14.9 Å². The first-order valence-corrected chi connectivity index (χ1v) is 6.74. The van der Waals surface area contributed by atoms with Gasteiger partial charge in [0, 0.05) is 17.8 Å². The number of amides is 1. The molecule has 0 saturated carbocycles. The number of hydrogen-bond acceptors (Lipinski definition) is 5. The number of ether oxygens (including phenoxy) is 1. The van der Waals surface area contributed by atoms with Crippen LogP contribution in [-0.2, 0) is 9.53 Å². The smallest absolute Gasteiger partial charge is 0.338 e. The van der Waals surface area contributed by atoms with E-state index in [2.05, 4.69) is 5.32 Å². The first kappa shape index (κ1) is 16.2. The van der Waals surface area contributed by atoms with Crippen molar-refractivity contribution in [2.45, 2.75) is 6.92 Å². The van der Waals surface area contributed by atoms with Crippen LogP contribution in [0.2, 0.25) is 0 Å². The van der Waals surface area contributed by atoms with Gasteiger partial charge in [0.1, 0.15) is 0 Å². The third-order valence-electron chi connectivity index (χ3n) is 3.04. The number of esters is 1. The van der Waals surface area contributed by atoms with Gasteiger partial charge in [0.05, 0.1) is 10.5 Å². The number of carbonyl (C=O) groups is 2. The van der Waals surface area contributed by atoms with Crippen molar-refractivity contribution in [3.05, 3.63) is 69.8 Å². The second kappa shape index (κ2) is 7.17. The Hall–Kier alpha value is -3.22. The molecule has 0 aliphatic heterocycles. The summed E-state index contributed by atoms with van der Waals surface area (Å²) < 4.78 is 4.90. The van der Waals surface area contributed by atoms with Gasteiger partial charge >= 0.3 is 5.97 Å². The molecule has 0 atom stereocenters. The van der Waals surface area contributed by atoms with E-state index in [1.807, 2.05) is 0 Å². The van der Waals surface area contributed by atoms with E-state index >= 15 is 0 Å². The lowest BCUT2D eigenvalue weighted by Crippen LogP contribution is -2.21. The molecule has 0 saturated heterocycles. The Balaban J connectivity index is 1.92. The molecule has 0 fully saturated rings. The summed E-state index contributed by atoms with van der Waals surface area (Å²) >= 11 is 0. The van der Waals surface area contributed by atoms with Crippen LogP contribution in [0.15, 0.2) is 48.5 Å². The van der Waals surface area contributed by atoms with Crippen LogP contribution in [-0.4, -0.2) is 23.4 Å². The van der Waals surface area contributed by atoms with Gasteiger partial charge in [-0.2, -0.15) is 0 Å². The SMILES string of the molecule is Cc1cc([N+](=O)[O-])ccc1NC(=O)COC(=O)c1ccccc1. The molecule has 7 heteroatoms. The minimum atomic E-state index is -0.596. The fourth-order valence-corrected chi connectivity index (χ4v) is 1.88. The van der Waals surface area contributed by atoms with Crippen molar-refractivity contribution in [3.8, 4) is 0 Å². The molecule has 0 aliphatic carbocycles. The zero-order valence-corrected chi connectivity index (χ0v) is 12.3. The predicted octanol–water partition coefficient (Wildman–Crippen LogP) is 2.70. The first-order valence-electron chi connectivity index (χ1n) is 6.74. The van der Waals surface area contributed by atoms with Gasteiger partial charge < -0.3 is 10.1 Å². The van der Waals surface area contributed by atoms with Gasteiger partial charge in [-0.05, 0) is 30.7 Å². The van der Waals surface area contributed by atoms with Crippen molar-refractivity contribution < 1.29 is 19.2 Å². The number of hydrogen-bond donors (Lipinski definition) is 1. The lowest BCUT2D eigenvalue weighted by molar-refractivity contribution is -0.384. The molecule has 2 rings (SSSR count). The summed E-state index contributed by atoms with van der Waals surface area (Å²) in [4.78, 5) is 33.7. The minimum Gasteiger partial charge on any atom is -0.452 e. The number of rotatable bonds is 5. The van der Waals surface area contributed by atoms with Crippen LogP contribution < -0.4 is 5.32 Å². The van der Waals surface area contributed by atoms with Crippen LogP contribution in [0.1, 0.15) is 15.9 Å². The van der Waals surface area contributed by atoms with E-state index in [9.17, 15) is 19.7 Å². The summed E-state index contributed by atoms with van der Waals surface area (Å²) in [6.07, 6.45) is 0. The summed E-state index contributed by atoms with van der Waals surface area (Å²) in [6.45, 7) is 1.20. The Kier molecular flexibility index (Phi) is 5.03. The normalized spacial score (nSPS) is 9.96. The van der Waals surface area contributed by atoms with E-state index in [0.717, 1.165) is 0 Å². The molecule has 23 heavy (non-hydrogen) atoms. The lowest BCUT2D eigenvalue weighted by Gasteiger charge is -2.09. The van der Waals surface area contributed by atoms with Crippen molar-refractivity contribution >= 4 is 23.3 Å². The van der Waals surface area contributed by atoms with Gasteiger partial charge in [-0.1, -0.05) is 18.2 Å². The summed E-state index contributed by atoms with van der Waals surface area (Å²) in [5.41, 5.74) is 1.26. The first-order chi connectivity index (χ1) is 11.0. The topological polar surface area (TPSA) is 98.5 Å². The maximum absolute atomic E-state index is 11.8. The number of nitro groups is 1. The second-order valence-corrected chi connectivity index (χ2v) is 4.75. The number of carbonyl (C=O) groups excluding carboxylic acids is 2. The Labute approximate surface area is 132 Å². The summed E-state index contributed by atoms with van der Waals surface area (Å²) in [6, 6.07) is 12.4. The predicted molar refractivity (Wildman–Crippen MR) is 83.2 cm³/mol. The Morgan fingerprint density at radius 1 is 1.17 bits per heavy atom. The average Bonchev–Trinajstić information content (AvgIpc) is 2.55. The van der Waals surface area contributed by atoms with Gasteiger partial charge in [-0.15, -0.1) is 0 Å². The maximum Gasteiger partial charge on any atom is 0.338 e.